The summed E-state index contributed by atoms with van der Waals surface area (Å²) in [6.45, 7) is 1.96. The highest BCUT2D eigenvalue weighted by Gasteiger charge is 2.15. The summed E-state index contributed by atoms with van der Waals surface area (Å²) in [5.41, 5.74) is 0.840. The molecule has 0 aliphatic carbocycles. The second-order valence-electron chi connectivity index (χ2n) is 6.21. The van der Waals surface area contributed by atoms with Gasteiger partial charge in [-0.2, -0.15) is 0 Å². The molecule has 0 aliphatic heterocycles. The number of carbonyl (C=O) groups excluding carboxylic acids is 2. The highest BCUT2D eigenvalue weighted by Crippen LogP contribution is 2.18. The maximum atomic E-state index is 12.1. The number of esters is 1. The second kappa shape index (κ2) is 9.25. The highest BCUT2D eigenvalue weighted by atomic mass is 35.5. The van der Waals surface area contributed by atoms with Crippen LogP contribution in [0.15, 0.2) is 57.7 Å². The fraction of sp³-hybridized carbons (Fsp3) is 0.190. The zero-order valence-electron chi connectivity index (χ0n) is 15.6. The number of ether oxygens (including phenoxy) is 2. The van der Waals surface area contributed by atoms with Gasteiger partial charge >= 0.3 is 5.97 Å². The van der Waals surface area contributed by atoms with Gasteiger partial charge in [-0.3, -0.25) is 9.59 Å². The lowest BCUT2D eigenvalue weighted by atomic mass is 10.2. The Kier molecular flexibility index (Phi) is 6.51. The number of aryl methyl sites for hydroxylation is 1. The minimum absolute atomic E-state index is 0.201. The molecule has 0 aliphatic rings. The molecule has 0 saturated heterocycles. The molecule has 1 heterocycles. The van der Waals surface area contributed by atoms with E-state index in [9.17, 15) is 14.4 Å². The monoisotopic (exact) mass is 415 g/mol. The Morgan fingerprint density at radius 1 is 1.14 bits per heavy atom. The van der Waals surface area contributed by atoms with E-state index in [1.165, 1.54) is 18.2 Å². The summed E-state index contributed by atoms with van der Waals surface area (Å²) in [7, 11) is 0. The van der Waals surface area contributed by atoms with Gasteiger partial charge in [-0.15, -0.1) is 0 Å². The average Bonchev–Trinajstić information content (AvgIpc) is 2.70. The molecular formula is C21H18ClNO6. The number of rotatable bonds is 7. The average molecular weight is 416 g/mol. The number of fused-ring (bicyclic) bond motifs is 1. The van der Waals surface area contributed by atoms with Gasteiger partial charge in [0.1, 0.15) is 17.9 Å². The number of halogens is 1. The molecule has 3 rings (SSSR count). The van der Waals surface area contributed by atoms with Crippen LogP contribution in [0.3, 0.4) is 0 Å². The largest absolute Gasteiger partial charge is 0.492 e. The highest BCUT2D eigenvalue weighted by molar-refractivity contribution is 6.31. The van der Waals surface area contributed by atoms with E-state index in [2.05, 4.69) is 5.32 Å². The van der Waals surface area contributed by atoms with Crippen molar-refractivity contribution in [3.05, 3.63) is 75.1 Å². The van der Waals surface area contributed by atoms with Gasteiger partial charge in [0, 0.05) is 11.1 Å². The molecule has 1 amide bonds. The summed E-state index contributed by atoms with van der Waals surface area (Å²) in [4.78, 5) is 36.0. The molecule has 7 nitrogen and oxygen atoms in total. The number of nitrogens with one attached hydrogen (secondary N) is 1. The van der Waals surface area contributed by atoms with Crippen LogP contribution in [0, 0.1) is 6.92 Å². The molecule has 0 radical (unpaired) electrons. The molecule has 29 heavy (non-hydrogen) atoms. The number of carbonyl (C=O) groups is 2. The van der Waals surface area contributed by atoms with Crippen molar-refractivity contribution in [3.63, 3.8) is 0 Å². The lowest BCUT2D eigenvalue weighted by molar-refractivity contribution is -0.124. The molecule has 1 N–H and O–H groups in total. The molecular weight excluding hydrogens is 398 g/mol. The van der Waals surface area contributed by atoms with E-state index in [0.29, 0.717) is 10.8 Å². The van der Waals surface area contributed by atoms with Crippen molar-refractivity contribution < 1.29 is 23.5 Å². The zero-order chi connectivity index (χ0) is 20.8. The molecule has 0 atom stereocenters. The van der Waals surface area contributed by atoms with E-state index >= 15 is 0 Å². The topological polar surface area (TPSA) is 94.8 Å². The van der Waals surface area contributed by atoms with Gasteiger partial charge in [-0.25, -0.2) is 4.79 Å². The summed E-state index contributed by atoms with van der Waals surface area (Å²) in [5, 5.41) is 3.20. The van der Waals surface area contributed by atoms with Crippen LogP contribution < -0.4 is 15.5 Å². The van der Waals surface area contributed by atoms with Gasteiger partial charge < -0.3 is 19.2 Å². The van der Waals surface area contributed by atoms with Crippen molar-refractivity contribution in [3.8, 4) is 5.75 Å². The number of hydrogen-bond donors (Lipinski definition) is 1. The predicted molar refractivity (Wildman–Crippen MR) is 107 cm³/mol. The fourth-order valence-electron chi connectivity index (χ4n) is 2.55. The van der Waals surface area contributed by atoms with E-state index in [1.54, 1.807) is 0 Å². The Morgan fingerprint density at radius 2 is 1.97 bits per heavy atom. The SMILES string of the molecule is Cc1cccc(OCCNC(=O)COC(=O)c2cc(=O)c3cc(Cl)ccc3o2)c1. The Morgan fingerprint density at radius 3 is 2.76 bits per heavy atom. The Bertz CT molecular complexity index is 1110. The summed E-state index contributed by atoms with van der Waals surface area (Å²) in [5.74, 6) is -0.995. The number of hydrogen-bond acceptors (Lipinski definition) is 6. The van der Waals surface area contributed by atoms with E-state index in [0.717, 1.165) is 11.6 Å². The van der Waals surface area contributed by atoms with Crippen LogP contribution in [0.25, 0.3) is 11.0 Å². The van der Waals surface area contributed by atoms with Gasteiger partial charge in [-0.1, -0.05) is 23.7 Å². The molecule has 0 unspecified atom stereocenters. The third-order valence-electron chi connectivity index (χ3n) is 3.91. The van der Waals surface area contributed by atoms with Crippen molar-refractivity contribution in [1.29, 1.82) is 0 Å². The molecule has 150 valence electrons. The van der Waals surface area contributed by atoms with E-state index < -0.39 is 23.9 Å². The van der Waals surface area contributed by atoms with Crippen molar-refractivity contribution in [1.82, 2.24) is 5.32 Å². The van der Waals surface area contributed by atoms with E-state index in [4.69, 9.17) is 25.5 Å². The number of amides is 1. The molecule has 1 aromatic heterocycles. The lowest BCUT2D eigenvalue weighted by Gasteiger charge is -2.09. The van der Waals surface area contributed by atoms with Crippen LogP contribution in [0.1, 0.15) is 16.1 Å². The zero-order valence-corrected chi connectivity index (χ0v) is 16.3. The van der Waals surface area contributed by atoms with Crippen LogP contribution in [0.5, 0.6) is 5.75 Å². The predicted octanol–water partition coefficient (Wildman–Crippen LogP) is 3.11. The van der Waals surface area contributed by atoms with Gasteiger partial charge in [0.15, 0.2) is 12.0 Å². The van der Waals surface area contributed by atoms with Crippen LogP contribution in [-0.2, 0) is 9.53 Å². The van der Waals surface area contributed by atoms with Gasteiger partial charge in [0.2, 0.25) is 5.76 Å². The first kappa shape index (κ1) is 20.4. The maximum absolute atomic E-state index is 12.1. The van der Waals surface area contributed by atoms with Crippen molar-refractivity contribution in [2.45, 2.75) is 6.92 Å². The quantitative estimate of drug-likeness (QED) is 0.470. The molecule has 0 spiro atoms. The molecule has 2 aromatic carbocycles. The molecule has 0 bridgehead atoms. The third-order valence-corrected chi connectivity index (χ3v) is 4.14. The van der Waals surface area contributed by atoms with Crippen molar-refractivity contribution >= 4 is 34.4 Å². The first-order valence-corrected chi connectivity index (χ1v) is 9.17. The van der Waals surface area contributed by atoms with E-state index in [-0.39, 0.29) is 29.9 Å². The maximum Gasteiger partial charge on any atom is 0.374 e. The van der Waals surface area contributed by atoms with Crippen LogP contribution in [0.2, 0.25) is 5.02 Å². The molecule has 0 saturated carbocycles. The summed E-state index contributed by atoms with van der Waals surface area (Å²) < 4.78 is 15.8. The van der Waals surface area contributed by atoms with Crippen LogP contribution in [0.4, 0.5) is 0 Å². The lowest BCUT2D eigenvalue weighted by Crippen LogP contribution is -2.32. The Balaban J connectivity index is 1.47. The summed E-state index contributed by atoms with van der Waals surface area (Å²) in [6.07, 6.45) is 0. The van der Waals surface area contributed by atoms with Crippen LogP contribution in [-0.4, -0.2) is 31.6 Å². The normalized spacial score (nSPS) is 10.6. The van der Waals surface area contributed by atoms with Gasteiger partial charge in [0.05, 0.1) is 11.9 Å². The Hall–Kier alpha value is -3.32. The number of benzene rings is 2. The molecule has 3 aromatic rings. The first-order valence-electron chi connectivity index (χ1n) is 8.79. The fourth-order valence-corrected chi connectivity index (χ4v) is 2.72. The standard InChI is InChI=1S/C21H18ClNO6/c1-13-3-2-4-15(9-13)27-8-7-23-20(25)12-28-21(26)19-11-17(24)16-10-14(22)5-6-18(16)29-19/h2-6,9-11H,7-8,12H2,1H3,(H,23,25). The minimum atomic E-state index is -0.912. The molecule has 0 fully saturated rings. The van der Waals surface area contributed by atoms with E-state index in [1.807, 2.05) is 31.2 Å². The molecule has 8 heteroatoms. The first-order chi connectivity index (χ1) is 13.9. The Labute approximate surface area is 171 Å². The van der Waals surface area contributed by atoms with Gasteiger partial charge in [0.25, 0.3) is 5.91 Å². The van der Waals surface area contributed by atoms with Crippen molar-refractivity contribution in [2.24, 2.45) is 0 Å². The second-order valence-corrected chi connectivity index (χ2v) is 6.64. The smallest absolute Gasteiger partial charge is 0.374 e. The summed E-state index contributed by atoms with van der Waals surface area (Å²) in [6, 6.07) is 13.0. The van der Waals surface area contributed by atoms with Crippen molar-refractivity contribution in [2.75, 3.05) is 19.8 Å². The summed E-state index contributed by atoms with van der Waals surface area (Å²) >= 11 is 5.85. The minimum Gasteiger partial charge on any atom is -0.492 e. The third kappa shape index (κ3) is 5.58. The van der Waals surface area contributed by atoms with Gasteiger partial charge in [-0.05, 0) is 42.8 Å². The van der Waals surface area contributed by atoms with Crippen LogP contribution >= 0.6 is 11.6 Å².